The van der Waals surface area contributed by atoms with E-state index in [0.29, 0.717) is 28.2 Å². The number of aryl methyl sites for hydroxylation is 1. The van der Waals surface area contributed by atoms with Gasteiger partial charge in [0.1, 0.15) is 16.5 Å². The molecule has 10 heteroatoms. The van der Waals surface area contributed by atoms with Crippen LogP contribution in [0.15, 0.2) is 83.6 Å². The number of nitrogens with one attached hydrogen (secondary N) is 1. The van der Waals surface area contributed by atoms with Crippen molar-refractivity contribution in [3.8, 4) is 22.8 Å². The molecule has 0 unspecified atom stereocenters. The van der Waals surface area contributed by atoms with Crippen molar-refractivity contribution in [1.29, 1.82) is 0 Å². The van der Waals surface area contributed by atoms with Gasteiger partial charge in [-0.05, 0) is 43.3 Å². The fraction of sp³-hybridized carbons (Fsp3) is 0.115. The molecule has 3 aromatic heterocycles. The summed E-state index contributed by atoms with van der Waals surface area (Å²) < 4.78 is 7.56. The lowest BCUT2D eigenvalue weighted by Crippen LogP contribution is -2.12. The summed E-state index contributed by atoms with van der Waals surface area (Å²) in [6, 6.07) is 19.2. The molecule has 0 spiro atoms. The number of aromatic nitrogens is 5. The third-order valence-electron chi connectivity index (χ3n) is 5.30. The van der Waals surface area contributed by atoms with Gasteiger partial charge in [-0.3, -0.25) is 14.3 Å². The first-order chi connectivity index (χ1) is 17.6. The monoisotopic (exact) mass is 514 g/mol. The lowest BCUT2D eigenvalue weighted by molar-refractivity contribution is 0.102. The van der Waals surface area contributed by atoms with E-state index in [-0.39, 0.29) is 5.91 Å². The van der Waals surface area contributed by atoms with E-state index >= 15 is 0 Å². The number of pyridine rings is 1. The second-order valence-corrected chi connectivity index (χ2v) is 9.68. The van der Waals surface area contributed by atoms with Crippen LogP contribution >= 0.6 is 23.1 Å². The summed E-state index contributed by atoms with van der Waals surface area (Å²) in [4.78, 5) is 21.4. The minimum Gasteiger partial charge on any atom is -0.495 e. The molecular weight excluding hydrogens is 492 g/mol. The Bertz CT molecular complexity index is 1480. The molecule has 180 valence electrons. The average Bonchev–Trinajstić information content (AvgIpc) is 3.56. The van der Waals surface area contributed by atoms with Crippen molar-refractivity contribution < 1.29 is 9.53 Å². The highest BCUT2D eigenvalue weighted by Crippen LogP contribution is 2.33. The van der Waals surface area contributed by atoms with Crippen LogP contribution in [-0.2, 0) is 5.75 Å². The number of anilines is 1. The van der Waals surface area contributed by atoms with E-state index in [1.54, 1.807) is 24.9 Å². The lowest BCUT2D eigenvalue weighted by Gasteiger charge is -2.13. The predicted molar refractivity (Wildman–Crippen MR) is 142 cm³/mol. The number of rotatable bonds is 8. The SMILES string of the molecule is COc1ccccc1-n1c(SCc2nc(C(=O)Nc3ccc(C)cc3)cs2)nnc1-c1cccnc1. The van der Waals surface area contributed by atoms with E-state index in [4.69, 9.17) is 4.74 Å². The number of amides is 1. The highest BCUT2D eigenvalue weighted by Gasteiger charge is 2.20. The Morgan fingerprint density at radius 2 is 1.92 bits per heavy atom. The van der Waals surface area contributed by atoms with Gasteiger partial charge in [0.25, 0.3) is 5.91 Å². The molecule has 0 radical (unpaired) electrons. The number of methoxy groups -OCH3 is 1. The molecule has 8 nitrogen and oxygen atoms in total. The van der Waals surface area contributed by atoms with Crippen LogP contribution in [-0.4, -0.2) is 37.7 Å². The molecule has 1 N–H and O–H groups in total. The zero-order chi connectivity index (χ0) is 24.9. The van der Waals surface area contributed by atoms with Gasteiger partial charge in [0.15, 0.2) is 11.0 Å². The van der Waals surface area contributed by atoms with Gasteiger partial charge in [0, 0.05) is 29.0 Å². The van der Waals surface area contributed by atoms with E-state index in [0.717, 1.165) is 27.5 Å². The first-order valence-electron chi connectivity index (χ1n) is 11.1. The summed E-state index contributed by atoms with van der Waals surface area (Å²) in [5, 5.41) is 15.1. The number of hydrogen-bond acceptors (Lipinski definition) is 8. The van der Waals surface area contributed by atoms with E-state index in [1.165, 1.54) is 23.1 Å². The summed E-state index contributed by atoms with van der Waals surface area (Å²) >= 11 is 2.93. The molecule has 3 heterocycles. The molecule has 0 atom stereocenters. The van der Waals surface area contributed by atoms with Gasteiger partial charge in [0.05, 0.1) is 18.6 Å². The maximum Gasteiger partial charge on any atom is 0.275 e. The predicted octanol–water partition coefficient (Wildman–Crippen LogP) is 5.65. The zero-order valence-electron chi connectivity index (χ0n) is 19.6. The highest BCUT2D eigenvalue weighted by atomic mass is 32.2. The molecule has 36 heavy (non-hydrogen) atoms. The number of carbonyl (C=O) groups is 1. The Morgan fingerprint density at radius 3 is 2.69 bits per heavy atom. The minimum absolute atomic E-state index is 0.234. The van der Waals surface area contributed by atoms with E-state index < -0.39 is 0 Å². The average molecular weight is 515 g/mol. The van der Waals surface area contributed by atoms with Gasteiger partial charge in [-0.2, -0.15) is 0 Å². The van der Waals surface area contributed by atoms with Gasteiger partial charge in [-0.25, -0.2) is 4.98 Å². The van der Waals surface area contributed by atoms with Gasteiger partial charge >= 0.3 is 0 Å². The van der Waals surface area contributed by atoms with Crippen molar-refractivity contribution in [3.63, 3.8) is 0 Å². The van der Waals surface area contributed by atoms with Crippen molar-refractivity contribution >= 4 is 34.7 Å². The minimum atomic E-state index is -0.234. The largest absolute Gasteiger partial charge is 0.495 e. The van der Waals surface area contributed by atoms with Gasteiger partial charge in [0.2, 0.25) is 0 Å². The number of ether oxygens (including phenoxy) is 1. The summed E-state index contributed by atoms with van der Waals surface area (Å²) in [6.45, 7) is 2.00. The van der Waals surface area contributed by atoms with Crippen LogP contribution < -0.4 is 10.1 Å². The Hall–Kier alpha value is -4.02. The normalized spacial score (nSPS) is 10.8. The van der Waals surface area contributed by atoms with Crippen molar-refractivity contribution in [2.45, 2.75) is 17.8 Å². The van der Waals surface area contributed by atoms with Gasteiger partial charge < -0.3 is 10.1 Å². The van der Waals surface area contributed by atoms with Crippen LogP contribution in [0.4, 0.5) is 5.69 Å². The Morgan fingerprint density at radius 1 is 1.08 bits per heavy atom. The second-order valence-electron chi connectivity index (χ2n) is 7.79. The number of nitrogens with zero attached hydrogens (tertiary/aromatic N) is 5. The molecule has 0 saturated heterocycles. The standard InChI is InChI=1S/C26H22N6O2S2/c1-17-9-11-19(12-10-17)28-25(33)20-15-35-23(29-20)16-36-26-31-30-24(18-6-5-13-27-14-18)32(26)21-7-3-4-8-22(21)34-2/h3-15H,16H2,1-2H3,(H,28,33). The lowest BCUT2D eigenvalue weighted by atomic mass is 10.2. The molecule has 0 bridgehead atoms. The van der Waals surface area contributed by atoms with Crippen LogP contribution in [0.1, 0.15) is 21.1 Å². The molecule has 5 rings (SSSR count). The fourth-order valence-electron chi connectivity index (χ4n) is 3.52. The molecule has 0 fully saturated rings. The molecule has 0 saturated carbocycles. The van der Waals surface area contributed by atoms with Crippen molar-refractivity contribution in [2.75, 3.05) is 12.4 Å². The summed E-state index contributed by atoms with van der Waals surface area (Å²) in [6.07, 6.45) is 3.47. The third kappa shape index (κ3) is 5.14. The zero-order valence-corrected chi connectivity index (χ0v) is 21.2. The highest BCUT2D eigenvalue weighted by molar-refractivity contribution is 7.98. The van der Waals surface area contributed by atoms with Crippen LogP contribution in [0.2, 0.25) is 0 Å². The third-order valence-corrected chi connectivity index (χ3v) is 7.27. The van der Waals surface area contributed by atoms with Crippen LogP contribution in [0.25, 0.3) is 17.1 Å². The number of thioether (sulfide) groups is 1. The van der Waals surface area contributed by atoms with Crippen molar-refractivity contribution in [3.05, 3.63) is 94.7 Å². The maximum atomic E-state index is 12.6. The second kappa shape index (κ2) is 10.7. The molecule has 0 aliphatic heterocycles. The van der Waals surface area contributed by atoms with Gasteiger partial charge in [-0.1, -0.05) is 41.6 Å². The number of para-hydroxylation sites is 2. The Kier molecular flexibility index (Phi) is 7.06. The molecular formula is C26H22N6O2S2. The number of benzene rings is 2. The molecule has 0 aliphatic carbocycles. The van der Waals surface area contributed by atoms with Crippen LogP contribution in [0, 0.1) is 6.92 Å². The molecule has 5 aromatic rings. The Labute approximate surface area is 216 Å². The van der Waals surface area contributed by atoms with Crippen molar-refractivity contribution in [2.24, 2.45) is 0 Å². The van der Waals surface area contributed by atoms with Crippen LogP contribution in [0.3, 0.4) is 0 Å². The first kappa shape index (κ1) is 23.7. The van der Waals surface area contributed by atoms with E-state index in [1.807, 2.05) is 72.2 Å². The smallest absolute Gasteiger partial charge is 0.275 e. The quantitative estimate of drug-likeness (QED) is 0.268. The first-order valence-corrected chi connectivity index (χ1v) is 12.9. The molecule has 2 aromatic carbocycles. The summed E-state index contributed by atoms with van der Waals surface area (Å²) in [7, 11) is 1.64. The van der Waals surface area contributed by atoms with Crippen LogP contribution in [0.5, 0.6) is 5.75 Å². The summed E-state index contributed by atoms with van der Waals surface area (Å²) in [5.74, 6) is 1.66. The van der Waals surface area contributed by atoms with E-state index in [9.17, 15) is 4.79 Å². The van der Waals surface area contributed by atoms with Crippen molar-refractivity contribution in [1.82, 2.24) is 24.7 Å². The number of carbonyl (C=O) groups excluding carboxylic acids is 1. The maximum absolute atomic E-state index is 12.6. The topological polar surface area (TPSA) is 94.8 Å². The fourth-order valence-corrected chi connectivity index (χ4v) is 5.25. The molecule has 0 aliphatic rings. The molecule has 1 amide bonds. The number of thiazole rings is 1. The van der Waals surface area contributed by atoms with E-state index in [2.05, 4.69) is 25.5 Å². The summed E-state index contributed by atoms with van der Waals surface area (Å²) in [5.41, 5.74) is 3.92. The van der Waals surface area contributed by atoms with Gasteiger partial charge in [-0.15, -0.1) is 21.5 Å². The number of hydrogen-bond donors (Lipinski definition) is 1. The Balaban J connectivity index is 1.38.